The summed E-state index contributed by atoms with van der Waals surface area (Å²) < 4.78 is 28.6. The highest BCUT2D eigenvalue weighted by atomic mass is 32.2. The van der Waals surface area contributed by atoms with Crippen LogP contribution in [0.1, 0.15) is 5.76 Å². The van der Waals surface area contributed by atoms with Gasteiger partial charge in [-0.05, 0) is 47.2 Å². The highest BCUT2D eigenvalue weighted by Crippen LogP contribution is 2.24. The van der Waals surface area contributed by atoms with Crippen molar-refractivity contribution in [2.45, 2.75) is 11.6 Å². The third-order valence-electron chi connectivity index (χ3n) is 2.84. The zero-order valence-corrected chi connectivity index (χ0v) is 12.0. The Kier molecular flexibility index (Phi) is 3.25. The fourth-order valence-corrected chi connectivity index (χ4v) is 3.12. The van der Waals surface area contributed by atoms with Gasteiger partial charge in [0.05, 0.1) is 6.54 Å². The molecule has 3 aromatic rings. The molecule has 1 aromatic carbocycles. The summed E-state index contributed by atoms with van der Waals surface area (Å²) in [6, 6.07) is 11.1. The smallest absolute Gasteiger partial charge is 0.271 e. The van der Waals surface area contributed by atoms with E-state index in [0.29, 0.717) is 12.3 Å². The maximum Gasteiger partial charge on any atom is 0.271 e. The van der Waals surface area contributed by atoms with Crippen molar-refractivity contribution in [3.05, 3.63) is 47.5 Å². The van der Waals surface area contributed by atoms with Crippen LogP contribution in [0.25, 0.3) is 10.1 Å². The maximum atomic E-state index is 11.1. The zero-order valence-electron chi connectivity index (χ0n) is 10.4. The van der Waals surface area contributed by atoms with Crippen molar-refractivity contribution in [1.29, 1.82) is 0 Å². The van der Waals surface area contributed by atoms with Gasteiger partial charge in [0.1, 0.15) is 5.76 Å². The predicted molar refractivity (Wildman–Crippen MR) is 79.2 cm³/mol. The van der Waals surface area contributed by atoms with Gasteiger partial charge in [-0.1, -0.05) is 0 Å². The molecule has 104 valence electrons. The lowest BCUT2D eigenvalue weighted by Gasteiger charge is -2.04. The van der Waals surface area contributed by atoms with E-state index >= 15 is 0 Å². The van der Waals surface area contributed by atoms with Gasteiger partial charge in [-0.15, -0.1) is 11.3 Å². The van der Waals surface area contributed by atoms with Gasteiger partial charge in [-0.25, -0.2) is 13.6 Å². The average Bonchev–Trinajstić information content (AvgIpc) is 3.04. The van der Waals surface area contributed by atoms with Gasteiger partial charge in [-0.3, -0.25) is 0 Å². The molecule has 0 radical (unpaired) electrons. The molecule has 7 heteroatoms. The van der Waals surface area contributed by atoms with Crippen LogP contribution < -0.4 is 10.5 Å². The summed E-state index contributed by atoms with van der Waals surface area (Å²) in [5.74, 6) is 0.513. The standard InChI is InChI=1S/C13H12N2O3S2/c14-20(16,17)13-4-2-11(18-13)8-15-10-1-3-12-9(7-10)5-6-19-12/h1-7,15H,8H2,(H2,14,16,17). The summed E-state index contributed by atoms with van der Waals surface area (Å²) in [7, 11) is -3.78. The molecule has 0 spiro atoms. The minimum atomic E-state index is -3.78. The van der Waals surface area contributed by atoms with Gasteiger partial charge in [0.15, 0.2) is 0 Å². The van der Waals surface area contributed by atoms with Gasteiger partial charge in [0.2, 0.25) is 5.09 Å². The minimum Gasteiger partial charge on any atom is -0.446 e. The normalized spacial score (nSPS) is 11.8. The van der Waals surface area contributed by atoms with Crippen LogP contribution in [0.3, 0.4) is 0 Å². The summed E-state index contributed by atoms with van der Waals surface area (Å²) in [5, 5.41) is 11.2. The van der Waals surface area contributed by atoms with E-state index in [1.54, 1.807) is 17.4 Å². The van der Waals surface area contributed by atoms with Crippen LogP contribution in [0, 0.1) is 0 Å². The summed E-state index contributed by atoms with van der Waals surface area (Å²) in [6.07, 6.45) is 0. The lowest BCUT2D eigenvalue weighted by atomic mass is 10.2. The van der Waals surface area contributed by atoms with E-state index in [9.17, 15) is 8.42 Å². The van der Waals surface area contributed by atoms with Crippen LogP contribution >= 0.6 is 11.3 Å². The number of thiophene rings is 1. The Balaban J connectivity index is 1.74. The minimum absolute atomic E-state index is 0.220. The Morgan fingerprint density at radius 1 is 1.20 bits per heavy atom. The number of primary sulfonamides is 1. The summed E-state index contributed by atoms with van der Waals surface area (Å²) in [6.45, 7) is 0.394. The van der Waals surface area contributed by atoms with Crippen molar-refractivity contribution in [1.82, 2.24) is 0 Å². The van der Waals surface area contributed by atoms with E-state index < -0.39 is 10.0 Å². The molecule has 0 atom stereocenters. The second-order valence-corrected chi connectivity index (χ2v) is 6.73. The Hall–Kier alpha value is -1.83. The molecule has 3 N–H and O–H groups in total. The van der Waals surface area contributed by atoms with Crippen LogP contribution in [0.4, 0.5) is 5.69 Å². The highest BCUT2D eigenvalue weighted by Gasteiger charge is 2.12. The first kappa shape index (κ1) is 13.2. The molecule has 0 saturated carbocycles. The van der Waals surface area contributed by atoms with Crippen LogP contribution in [0.2, 0.25) is 0 Å². The number of nitrogens with one attached hydrogen (secondary N) is 1. The quantitative estimate of drug-likeness (QED) is 0.776. The molecule has 0 aliphatic rings. The molecule has 3 rings (SSSR count). The SMILES string of the molecule is NS(=O)(=O)c1ccc(CNc2ccc3sccc3c2)o1. The van der Waals surface area contributed by atoms with Crippen LogP contribution in [-0.4, -0.2) is 8.42 Å². The van der Waals surface area contributed by atoms with E-state index in [0.717, 1.165) is 5.69 Å². The fraction of sp³-hybridized carbons (Fsp3) is 0.0769. The number of rotatable bonds is 4. The summed E-state index contributed by atoms with van der Waals surface area (Å²) in [4.78, 5) is 0. The Morgan fingerprint density at radius 3 is 2.80 bits per heavy atom. The number of anilines is 1. The molecule has 5 nitrogen and oxygen atoms in total. The van der Waals surface area contributed by atoms with Crippen molar-refractivity contribution in [2.75, 3.05) is 5.32 Å². The molecular weight excluding hydrogens is 296 g/mol. The van der Waals surface area contributed by atoms with E-state index in [1.807, 2.05) is 23.6 Å². The predicted octanol–water partition coefficient (Wildman–Crippen LogP) is 2.75. The second-order valence-electron chi connectivity index (χ2n) is 4.29. The van der Waals surface area contributed by atoms with Crippen LogP contribution in [-0.2, 0) is 16.6 Å². The number of furan rings is 1. The van der Waals surface area contributed by atoms with Crippen molar-refractivity contribution in [3.63, 3.8) is 0 Å². The number of hydrogen-bond acceptors (Lipinski definition) is 5. The molecule has 0 aliphatic carbocycles. The van der Waals surface area contributed by atoms with Crippen molar-refractivity contribution in [2.24, 2.45) is 5.14 Å². The van der Waals surface area contributed by atoms with E-state index in [-0.39, 0.29) is 5.09 Å². The summed E-state index contributed by atoms with van der Waals surface area (Å²) in [5.41, 5.74) is 0.949. The van der Waals surface area contributed by atoms with E-state index in [1.165, 1.54) is 16.2 Å². The Labute approximate surface area is 120 Å². The lowest BCUT2D eigenvalue weighted by molar-refractivity contribution is 0.419. The van der Waals surface area contributed by atoms with Gasteiger partial charge < -0.3 is 9.73 Å². The van der Waals surface area contributed by atoms with Gasteiger partial charge in [0.25, 0.3) is 10.0 Å². The number of sulfonamides is 1. The molecular formula is C13H12N2O3S2. The first-order valence-electron chi connectivity index (χ1n) is 5.85. The number of hydrogen-bond donors (Lipinski definition) is 2. The number of fused-ring (bicyclic) bond motifs is 1. The topological polar surface area (TPSA) is 85.3 Å². The third kappa shape index (κ3) is 2.69. The number of nitrogens with two attached hydrogens (primary N) is 1. The highest BCUT2D eigenvalue weighted by molar-refractivity contribution is 7.89. The van der Waals surface area contributed by atoms with Crippen molar-refractivity contribution >= 4 is 37.1 Å². The molecule has 0 unspecified atom stereocenters. The van der Waals surface area contributed by atoms with Crippen LogP contribution in [0.15, 0.2) is 51.3 Å². The first-order chi connectivity index (χ1) is 9.52. The molecule has 0 amide bonds. The maximum absolute atomic E-state index is 11.1. The third-order valence-corrected chi connectivity index (χ3v) is 4.51. The molecule has 2 heterocycles. The van der Waals surface area contributed by atoms with Gasteiger partial charge in [0, 0.05) is 10.4 Å². The molecule has 20 heavy (non-hydrogen) atoms. The van der Waals surface area contributed by atoms with Gasteiger partial charge >= 0.3 is 0 Å². The van der Waals surface area contributed by atoms with Crippen LogP contribution in [0.5, 0.6) is 0 Å². The monoisotopic (exact) mass is 308 g/mol. The van der Waals surface area contributed by atoms with E-state index in [2.05, 4.69) is 11.4 Å². The lowest BCUT2D eigenvalue weighted by Crippen LogP contribution is -2.10. The molecule has 0 bridgehead atoms. The van der Waals surface area contributed by atoms with Crippen molar-refractivity contribution < 1.29 is 12.8 Å². The number of benzene rings is 1. The Bertz CT molecular complexity index is 849. The second kappa shape index (κ2) is 4.93. The molecule has 0 aliphatic heterocycles. The molecule has 0 fully saturated rings. The van der Waals surface area contributed by atoms with Gasteiger partial charge in [-0.2, -0.15) is 0 Å². The first-order valence-corrected chi connectivity index (χ1v) is 8.28. The molecule has 2 aromatic heterocycles. The van der Waals surface area contributed by atoms with Crippen molar-refractivity contribution in [3.8, 4) is 0 Å². The Morgan fingerprint density at radius 2 is 2.05 bits per heavy atom. The zero-order chi connectivity index (χ0) is 14.2. The molecule has 0 saturated heterocycles. The average molecular weight is 308 g/mol. The largest absolute Gasteiger partial charge is 0.446 e. The fourth-order valence-electron chi connectivity index (χ4n) is 1.87. The van der Waals surface area contributed by atoms with E-state index in [4.69, 9.17) is 9.56 Å². The summed E-state index contributed by atoms with van der Waals surface area (Å²) >= 11 is 1.69.